The van der Waals surface area contributed by atoms with Gasteiger partial charge in [0.25, 0.3) is 0 Å². The number of rotatable bonds is 6. The van der Waals surface area contributed by atoms with Crippen molar-refractivity contribution in [2.45, 2.75) is 176 Å². The molecule has 5 aromatic carbocycles. The van der Waals surface area contributed by atoms with E-state index in [2.05, 4.69) is 207 Å². The van der Waals surface area contributed by atoms with Gasteiger partial charge in [0.15, 0.2) is 11.6 Å². The second-order valence-corrected chi connectivity index (χ2v) is 24.7. The lowest BCUT2D eigenvalue weighted by Gasteiger charge is -2.27. The summed E-state index contributed by atoms with van der Waals surface area (Å²) in [5, 5.41) is 0.859. The highest BCUT2D eigenvalue weighted by atomic mass is 35.5. The van der Waals surface area contributed by atoms with Gasteiger partial charge in [0, 0.05) is 5.02 Å². The molecule has 1 nitrogen and oxygen atoms in total. The van der Waals surface area contributed by atoms with Gasteiger partial charge in [-0.05, 0) is 138 Å². The van der Waals surface area contributed by atoms with E-state index in [1.165, 1.54) is 50.6 Å². The van der Waals surface area contributed by atoms with E-state index in [-0.39, 0.29) is 5.41 Å². The van der Waals surface area contributed by atoms with Crippen molar-refractivity contribution in [3.05, 3.63) is 170 Å². The summed E-state index contributed by atoms with van der Waals surface area (Å²) in [6.45, 7) is 43.9. The highest BCUT2D eigenvalue weighted by Crippen LogP contribution is 2.35. The number of ether oxygens (including phenoxy) is 1. The number of aryl methyl sites for hydroxylation is 4. The van der Waals surface area contributed by atoms with Gasteiger partial charge >= 0.3 is 6.36 Å². The van der Waals surface area contributed by atoms with Gasteiger partial charge in [-0.3, -0.25) is 0 Å². The fourth-order valence-corrected chi connectivity index (χ4v) is 7.33. The van der Waals surface area contributed by atoms with Crippen LogP contribution in [0.1, 0.15) is 167 Å². The average molecular weight is 948 g/mol. The number of alkyl halides is 3. The lowest BCUT2D eigenvalue weighted by molar-refractivity contribution is -0.275. The third-order valence-electron chi connectivity index (χ3n) is 10.4. The molecule has 1 atom stereocenters. The molecule has 0 spiro atoms. The van der Waals surface area contributed by atoms with Crippen molar-refractivity contribution in [1.82, 2.24) is 0 Å². The van der Waals surface area contributed by atoms with Crippen molar-refractivity contribution in [2.24, 2.45) is 27.1 Å². The molecule has 0 amide bonds. The van der Waals surface area contributed by atoms with E-state index in [1.807, 2.05) is 26.8 Å². The maximum Gasteiger partial charge on any atom is 0.573 e. The van der Waals surface area contributed by atoms with Crippen LogP contribution in [0, 0.1) is 60.6 Å². The number of benzene rings is 5. The van der Waals surface area contributed by atoms with Crippen LogP contribution >= 0.6 is 11.6 Å². The molecule has 6 heteroatoms. The van der Waals surface area contributed by atoms with Crippen LogP contribution in [0.5, 0.6) is 5.75 Å². The van der Waals surface area contributed by atoms with E-state index >= 15 is 0 Å². The molecule has 372 valence electrons. The van der Waals surface area contributed by atoms with Gasteiger partial charge in [0.2, 0.25) is 0 Å². The first-order chi connectivity index (χ1) is 30.3. The Balaban J connectivity index is 0.000000421. The highest BCUT2D eigenvalue weighted by molar-refractivity contribution is 6.31. The Morgan fingerprint density at radius 1 is 0.463 bits per heavy atom. The molecule has 0 saturated carbocycles. The minimum absolute atomic E-state index is 0.0899. The van der Waals surface area contributed by atoms with Gasteiger partial charge < -0.3 is 4.74 Å². The largest absolute Gasteiger partial charge is 0.573 e. The Hall–Kier alpha value is -4.09. The Kier molecular flexibility index (Phi) is 23.7. The van der Waals surface area contributed by atoms with Crippen LogP contribution < -0.4 is 4.74 Å². The van der Waals surface area contributed by atoms with E-state index in [0.29, 0.717) is 39.6 Å². The summed E-state index contributed by atoms with van der Waals surface area (Å²) in [6.07, 6.45) is -0.906. The standard InChI is InChI=1S/C13H20.C12H17Cl.C12H14F4O.2C12H18/c1-10-7-6-8-12(9-10)11(2)13(3,4)5;1-9-7-10(5-6-11(9)13)8-12(2,3)4;1-11(2,3)7-8-4-5-9(13)10(6-8)17-12(14,15)16;2*1-10-6-5-7-11(8-10)9-12(2,3)4/h6-9,11H,1-5H3;5-7H,8H2,1-4H3;4-6H,7H2,1-3H3;2*5-8H,9H2,1-4H3. The second-order valence-electron chi connectivity index (χ2n) is 24.3. The van der Waals surface area contributed by atoms with Crippen molar-refractivity contribution in [3.63, 3.8) is 0 Å². The minimum Gasteiger partial charge on any atom is -0.403 e. The van der Waals surface area contributed by atoms with E-state index in [1.54, 1.807) is 0 Å². The summed E-state index contributed by atoms with van der Waals surface area (Å²) in [7, 11) is 0. The van der Waals surface area contributed by atoms with Crippen molar-refractivity contribution < 1.29 is 22.3 Å². The third-order valence-corrected chi connectivity index (χ3v) is 10.8. The fourth-order valence-electron chi connectivity index (χ4n) is 7.21. The van der Waals surface area contributed by atoms with E-state index in [0.717, 1.165) is 36.4 Å². The molecule has 0 heterocycles. The molecular formula is C61H87ClF4O. The van der Waals surface area contributed by atoms with Gasteiger partial charge in [-0.15, -0.1) is 13.2 Å². The van der Waals surface area contributed by atoms with Crippen LogP contribution in [-0.2, 0) is 25.7 Å². The summed E-state index contributed by atoms with van der Waals surface area (Å²) in [5.41, 5.74) is 13.0. The molecule has 0 aliphatic carbocycles. The molecule has 0 N–H and O–H groups in total. The van der Waals surface area contributed by atoms with Gasteiger partial charge in [0.05, 0.1) is 0 Å². The third kappa shape index (κ3) is 29.4. The van der Waals surface area contributed by atoms with Gasteiger partial charge in [0.1, 0.15) is 0 Å². The minimum atomic E-state index is -4.87. The number of hydrogen-bond donors (Lipinski definition) is 0. The molecule has 0 aliphatic heterocycles. The summed E-state index contributed by atoms with van der Waals surface area (Å²) in [5.74, 6) is -1.17. The predicted octanol–water partition coefficient (Wildman–Crippen LogP) is 19.9. The highest BCUT2D eigenvalue weighted by Gasteiger charge is 2.32. The van der Waals surface area contributed by atoms with Crippen molar-refractivity contribution in [3.8, 4) is 5.75 Å². The van der Waals surface area contributed by atoms with E-state index < -0.39 is 17.9 Å². The van der Waals surface area contributed by atoms with Crippen LogP contribution in [0.2, 0.25) is 5.02 Å². The van der Waals surface area contributed by atoms with Crippen molar-refractivity contribution in [2.75, 3.05) is 0 Å². The van der Waals surface area contributed by atoms with Crippen molar-refractivity contribution in [1.29, 1.82) is 0 Å². The van der Waals surface area contributed by atoms with Crippen molar-refractivity contribution >= 4 is 11.6 Å². The first kappa shape index (κ1) is 60.9. The van der Waals surface area contributed by atoms with Crippen LogP contribution in [0.4, 0.5) is 17.6 Å². The molecule has 5 aromatic rings. The Labute approximate surface area is 411 Å². The average Bonchev–Trinajstić information content (AvgIpc) is 3.12. The number of halogens is 5. The smallest absolute Gasteiger partial charge is 0.403 e. The summed E-state index contributed by atoms with van der Waals surface area (Å²) >= 11 is 5.95. The lowest BCUT2D eigenvalue weighted by atomic mass is 9.77. The topological polar surface area (TPSA) is 9.23 Å². The molecule has 67 heavy (non-hydrogen) atoms. The second kappa shape index (κ2) is 26.0. The molecule has 0 saturated heterocycles. The molecule has 1 unspecified atom stereocenters. The molecular weight excluding hydrogens is 860 g/mol. The van der Waals surface area contributed by atoms with E-state index in [4.69, 9.17) is 11.6 Å². The molecule has 0 fully saturated rings. The zero-order chi connectivity index (χ0) is 51.8. The summed E-state index contributed by atoms with van der Waals surface area (Å²) in [4.78, 5) is 0. The first-order valence-electron chi connectivity index (χ1n) is 23.8. The van der Waals surface area contributed by atoms with Crippen LogP contribution in [0.25, 0.3) is 0 Å². The monoisotopic (exact) mass is 947 g/mol. The normalized spacial score (nSPS) is 12.4. The van der Waals surface area contributed by atoms with Crippen LogP contribution in [0.15, 0.2) is 109 Å². The molecule has 0 bridgehead atoms. The molecule has 5 rings (SSSR count). The van der Waals surface area contributed by atoms with Gasteiger partial charge in [-0.2, -0.15) is 0 Å². The van der Waals surface area contributed by atoms with Gasteiger partial charge in [-0.25, -0.2) is 4.39 Å². The SMILES string of the molecule is CC(C)(C)Cc1ccc(F)c(OC(F)(F)F)c1.Cc1cc(CC(C)(C)C)ccc1Cl.Cc1cccc(C(C)C(C)(C)C)c1.Cc1cccc(CC(C)(C)C)c1.Cc1cccc(CC(C)(C)C)c1. The maximum absolute atomic E-state index is 13.1. The predicted molar refractivity (Wildman–Crippen MR) is 283 cm³/mol. The number of hydrogen-bond acceptors (Lipinski definition) is 1. The van der Waals surface area contributed by atoms with Crippen LogP contribution in [-0.4, -0.2) is 6.36 Å². The first-order valence-corrected chi connectivity index (χ1v) is 24.2. The summed E-state index contributed by atoms with van der Waals surface area (Å²) < 4.78 is 52.7. The zero-order valence-corrected chi connectivity index (χ0v) is 45.9. The molecule has 0 aliphatic rings. The zero-order valence-electron chi connectivity index (χ0n) is 45.1. The fraction of sp³-hybridized carbons (Fsp3) is 0.508. The Bertz CT molecular complexity index is 2160. The maximum atomic E-state index is 13.1. The Morgan fingerprint density at radius 3 is 1.16 bits per heavy atom. The molecule has 0 aromatic heterocycles. The van der Waals surface area contributed by atoms with Gasteiger partial charge in [-0.1, -0.05) is 230 Å². The molecule has 0 radical (unpaired) electrons. The quantitative estimate of drug-likeness (QED) is 0.154. The summed E-state index contributed by atoms with van der Waals surface area (Å²) in [6, 6.07) is 36.1. The van der Waals surface area contributed by atoms with Crippen LogP contribution in [0.3, 0.4) is 0 Å². The lowest BCUT2D eigenvalue weighted by Crippen LogP contribution is -2.18. The Morgan fingerprint density at radius 2 is 0.821 bits per heavy atom. The van der Waals surface area contributed by atoms with E-state index in [9.17, 15) is 17.6 Å².